The Kier molecular flexibility index (Phi) is 4.29. The van der Waals surface area contributed by atoms with E-state index in [4.69, 9.17) is 0 Å². The first-order chi connectivity index (χ1) is 9.30. The third-order valence-corrected chi connectivity index (χ3v) is 5.72. The molecule has 0 unspecified atom stereocenters. The fraction of sp³-hybridized carbons (Fsp3) is 0.692. The Labute approximate surface area is 120 Å². The normalized spacial score (nSPS) is 17.8. The van der Waals surface area contributed by atoms with E-state index in [1.165, 1.54) is 0 Å². The summed E-state index contributed by atoms with van der Waals surface area (Å²) in [6.45, 7) is 9.58. The lowest BCUT2D eigenvalue weighted by molar-refractivity contribution is 0.378. The third kappa shape index (κ3) is 3.09. The van der Waals surface area contributed by atoms with Crippen LogP contribution in [0, 0.1) is 13.8 Å². The highest BCUT2D eigenvalue weighted by molar-refractivity contribution is 7.89. The number of rotatable bonds is 3. The second-order valence-electron chi connectivity index (χ2n) is 5.43. The number of anilines is 1. The summed E-state index contributed by atoms with van der Waals surface area (Å²) >= 11 is 0. The van der Waals surface area contributed by atoms with Crippen molar-refractivity contribution >= 4 is 16.0 Å². The van der Waals surface area contributed by atoms with Gasteiger partial charge in [0.2, 0.25) is 16.0 Å². The van der Waals surface area contributed by atoms with Crippen molar-refractivity contribution in [2.75, 3.05) is 31.1 Å². The second-order valence-corrected chi connectivity index (χ2v) is 7.92. The molecule has 0 N–H and O–H groups in total. The van der Waals surface area contributed by atoms with E-state index in [0.29, 0.717) is 32.1 Å². The lowest BCUT2D eigenvalue weighted by Crippen LogP contribution is -2.50. The Morgan fingerprint density at radius 1 is 1.05 bits per heavy atom. The van der Waals surface area contributed by atoms with E-state index >= 15 is 0 Å². The first kappa shape index (κ1) is 15.2. The van der Waals surface area contributed by atoms with Gasteiger partial charge in [-0.05, 0) is 33.8 Å². The summed E-state index contributed by atoms with van der Waals surface area (Å²) in [7, 11) is -3.16. The minimum Gasteiger partial charge on any atom is -0.338 e. The topological polar surface area (TPSA) is 66.4 Å². The van der Waals surface area contributed by atoms with Crippen molar-refractivity contribution < 1.29 is 8.42 Å². The Bertz CT molecular complexity index is 558. The van der Waals surface area contributed by atoms with Crippen LogP contribution in [0.3, 0.4) is 0 Å². The van der Waals surface area contributed by atoms with Crippen LogP contribution in [0.4, 0.5) is 5.95 Å². The molecule has 6 nitrogen and oxygen atoms in total. The van der Waals surface area contributed by atoms with Crippen LogP contribution in [0.25, 0.3) is 0 Å². The molecule has 1 aliphatic rings. The number of hydrogen-bond donors (Lipinski definition) is 0. The molecule has 0 bridgehead atoms. The molecule has 2 heterocycles. The molecule has 0 aliphatic carbocycles. The van der Waals surface area contributed by atoms with Gasteiger partial charge in [0.1, 0.15) is 0 Å². The Balaban J connectivity index is 2.08. The van der Waals surface area contributed by atoms with E-state index in [-0.39, 0.29) is 5.25 Å². The molecule has 1 fully saturated rings. The molecule has 112 valence electrons. The standard InChI is InChI=1S/C13H22N4O2S/c1-10(2)20(18,19)17-7-5-16(6-8-17)13-14-11(3)9-12(4)15-13/h9-10H,5-8H2,1-4H3. The first-order valence-electron chi connectivity index (χ1n) is 6.87. The fourth-order valence-corrected chi connectivity index (χ4v) is 3.56. The molecule has 20 heavy (non-hydrogen) atoms. The second kappa shape index (κ2) is 5.65. The molecule has 1 aromatic rings. The monoisotopic (exact) mass is 298 g/mol. The maximum Gasteiger partial charge on any atom is 0.225 e. The number of piperazine rings is 1. The van der Waals surface area contributed by atoms with E-state index in [1.54, 1.807) is 18.2 Å². The van der Waals surface area contributed by atoms with Gasteiger partial charge in [0.05, 0.1) is 5.25 Å². The van der Waals surface area contributed by atoms with Crippen LogP contribution in [0.2, 0.25) is 0 Å². The van der Waals surface area contributed by atoms with Crippen LogP contribution in [0.1, 0.15) is 25.2 Å². The van der Waals surface area contributed by atoms with Gasteiger partial charge in [0.25, 0.3) is 0 Å². The quantitative estimate of drug-likeness (QED) is 0.831. The Morgan fingerprint density at radius 2 is 1.55 bits per heavy atom. The van der Waals surface area contributed by atoms with Gasteiger partial charge in [-0.1, -0.05) is 0 Å². The van der Waals surface area contributed by atoms with Gasteiger partial charge >= 0.3 is 0 Å². The Morgan fingerprint density at radius 3 is 2.00 bits per heavy atom. The van der Waals surface area contributed by atoms with Gasteiger partial charge in [0, 0.05) is 37.6 Å². The average molecular weight is 298 g/mol. The summed E-state index contributed by atoms with van der Waals surface area (Å²) < 4.78 is 25.8. The van der Waals surface area contributed by atoms with Crippen molar-refractivity contribution in [1.29, 1.82) is 0 Å². The maximum absolute atomic E-state index is 12.1. The SMILES string of the molecule is Cc1cc(C)nc(N2CCN(S(=O)(=O)C(C)C)CC2)n1. The van der Waals surface area contributed by atoms with Crippen LogP contribution < -0.4 is 4.90 Å². The van der Waals surface area contributed by atoms with Gasteiger partial charge in [-0.15, -0.1) is 0 Å². The molecule has 0 aromatic carbocycles. The van der Waals surface area contributed by atoms with Crippen molar-refractivity contribution in [3.05, 3.63) is 17.5 Å². The average Bonchev–Trinajstić information content (AvgIpc) is 2.37. The fourth-order valence-electron chi connectivity index (χ4n) is 2.29. The molecule has 1 aromatic heterocycles. The van der Waals surface area contributed by atoms with Gasteiger partial charge in [-0.3, -0.25) is 0 Å². The van der Waals surface area contributed by atoms with Crippen molar-refractivity contribution in [3.63, 3.8) is 0 Å². The van der Waals surface area contributed by atoms with Gasteiger partial charge in [-0.2, -0.15) is 4.31 Å². The van der Waals surface area contributed by atoms with E-state index < -0.39 is 10.0 Å². The molecular weight excluding hydrogens is 276 g/mol. The minimum atomic E-state index is -3.16. The maximum atomic E-state index is 12.1. The number of sulfonamides is 1. The van der Waals surface area contributed by atoms with E-state index in [2.05, 4.69) is 9.97 Å². The van der Waals surface area contributed by atoms with E-state index in [0.717, 1.165) is 11.4 Å². The number of hydrogen-bond acceptors (Lipinski definition) is 5. The largest absolute Gasteiger partial charge is 0.338 e. The minimum absolute atomic E-state index is 0.369. The summed E-state index contributed by atoms with van der Waals surface area (Å²) in [6.07, 6.45) is 0. The molecule has 0 radical (unpaired) electrons. The molecule has 0 amide bonds. The van der Waals surface area contributed by atoms with Crippen molar-refractivity contribution in [1.82, 2.24) is 14.3 Å². The summed E-state index contributed by atoms with van der Waals surface area (Å²) in [5.74, 6) is 0.698. The predicted molar refractivity (Wildman–Crippen MR) is 79.3 cm³/mol. The van der Waals surface area contributed by atoms with Crippen LogP contribution in [0.15, 0.2) is 6.07 Å². The van der Waals surface area contributed by atoms with Crippen LogP contribution in [-0.2, 0) is 10.0 Å². The molecule has 0 spiro atoms. The van der Waals surface area contributed by atoms with Crippen LogP contribution in [0.5, 0.6) is 0 Å². The summed E-state index contributed by atoms with van der Waals surface area (Å²) in [4.78, 5) is 10.9. The summed E-state index contributed by atoms with van der Waals surface area (Å²) in [5.41, 5.74) is 1.87. The lowest BCUT2D eigenvalue weighted by atomic mass is 10.3. The zero-order valence-corrected chi connectivity index (χ0v) is 13.3. The zero-order chi connectivity index (χ0) is 14.9. The highest BCUT2D eigenvalue weighted by Gasteiger charge is 2.30. The Hall–Kier alpha value is -1.21. The highest BCUT2D eigenvalue weighted by Crippen LogP contribution is 2.16. The predicted octanol–water partition coefficient (Wildman–Crippen LogP) is 0.954. The van der Waals surface area contributed by atoms with E-state index in [1.807, 2.05) is 24.8 Å². The third-order valence-electron chi connectivity index (χ3n) is 3.45. The van der Waals surface area contributed by atoms with Crippen molar-refractivity contribution in [3.8, 4) is 0 Å². The molecule has 7 heteroatoms. The highest BCUT2D eigenvalue weighted by atomic mass is 32.2. The smallest absolute Gasteiger partial charge is 0.225 e. The summed E-state index contributed by atoms with van der Waals surface area (Å²) in [6, 6.07) is 1.93. The number of nitrogens with zero attached hydrogens (tertiary/aromatic N) is 4. The number of aryl methyl sites for hydroxylation is 2. The molecule has 1 aliphatic heterocycles. The zero-order valence-electron chi connectivity index (χ0n) is 12.5. The van der Waals surface area contributed by atoms with Gasteiger partial charge < -0.3 is 4.90 Å². The molecule has 0 saturated carbocycles. The van der Waals surface area contributed by atoms with Crippen LogP contribution in [-0.4, -0.2) is 54.1 Å². The molecule has 2 rings (SSSR count). The molecule has 1 saturated heterocycles. The van der Waals surface area contributed by atoms with Crippen molar-refractivity contribution in [2.45, 2.75) is 32.9 Å². The van der Waals surface area contributed by atoms with Gasteiger partial charge in [0.15, 0.2) is 0 Å². The van der Waals surface area contributed by atoms with Gasteiger partial charge in [-0.25, -0.2) is 18.4 Å². The van der Waals surface area contributed by atoms with Crippen molar-refractivity contribution in [2.24, 2.45) is 0 Å². The number of aromatic nitrogens is 2. The molecular formula is C13H22N4O2S. The summed E-state index contributed by atoms with van der Waals surface area (Å²) in [5, 5.41) is -0.369. The van der Waals surface area contributed by atoms with Crippen LogP contribution >= 0.6 is 0 Å². The molecule has 0 atom stereocenters. The lowest BCUT2D eigenvalue weighted by Gasteiger charge is -2.35. The van der Waals surface area contributed by atoms with E-state index in [9.17, 15) is 8.42 Å². The first-order valence-corrected chi connectivity index (χ1v) is 8.37.